The number of nitrogens with zero attached hydrogens (tertiary/aromatic N) is 4. The van der Waals surface area contributed by atoms with Crippen molar-refractivity contribution in [3.8, 4) is 11.5 Å². The third-order valence-corrected chi connectivity index (χ3v) is 3.29. The summed E-state index contributed by atoms with van der Waals surface area (Å²) in [7, 11) is 3.07. The highest BCUT2D eigenvalue weighted by Gasteiger charge is 2.11. The highest BCUT2D eigenvalue weighted by atomic mass is 16.6. The van der Waals surface area contributed by atoms with Crippen molar-refractivity contribution in [1.29, 1.82) is 0 Å². The van der Waals surface area contributed by atoms with Gasteiger partial charge in [-0.1, -0.05) is 0 Å². The van der Waals surface area contributed by atoms with Gasteiger partial charge in [0.15, 0.2) is 11.5 Å². The fraction of sp³-hybridized carbons (Fsp3) is 0.267. The molecule has 1 amide bonds. The van der Waals surface area contributed by atoms with Crippen LogP contribution in [0.1, 0.15) is 12.5 Å². The average Bonchev–Trinajstić information content (AvgIpc) is 3.07. The van der Waals surface area contributed by atoms with E-state index in [2.05, 4.69) is 15.6 Å². The molecule has 0 fully saturated rings. The summed E-state index contributed by atoms with van der Waals surface area (Å²) in [5, 5.41) is 18.3. The Labute approximate surface area is 143 Å². The number of amides is 1. The lowest BCUT2D eigenvalue weighted by Crippen LogP contribution is -2.24. The summed E-state index contributed by atoms with van der Waals surface area (Å²) < 4.78 is 11.5. The van der Waals surface area contributed by atoms with E-state index in [0.29, 0.717) is 17.2 Å². The molecular weight excluding hydrogens is 330 g/mol. The number of carbonyl (C=O) groups excluding carboxylic acids is 1. The molecule has 0 atom stereocenters. The minimum absolute atomic E-state index is 0.183. The van der Waals surface area contributed by atoms with Gasteiger partial charge in [0.05, 0.1) is 24.9 Å². The lowest BCUT2D eigenvalue weighted by atomic mass is 10.1. The number of nitro groups is 1. The van der Waals surface area contributed by atoms with Crippen molar-refractivity contribution >= 4 is 17.3 Å². The molecule has 10 heteroatoms. The highest BCUT2D eigenvalue weighted by Crippen LogP contribution is 2.27. The van der Waals surface area contributed by atoms with E-state index in [-0.39, 0.29) is 12.2 Å². The molecule has 0 spiro atoms. The molecule has 0 aliphatic rings. The molecule has 0 bridgehead atoms. The summed E-state index contributed by atoms with van der Waals surface area (Å²) in [6.07, 6.45) is 2.25. The van der Waals surface area contributed by atoms with Gasteiger partial charge in [0.2, 0.25) is 0 Å². The predicted octanol–water partition coefficient (Wildman–Crippen LogP) is 1.35. The van der Waals surface area contributed by atoms with E-state index in [1.54, 1.807) is 25.1 Å². The van der Waals surface area contributed by atoms with Gasteiger partial charge in [-0.25, -0.2) is 5.43 Å². The Kier molecular flexibility index (Phi) is 5.66. The van der Waals surface area contributed by atoms with Crippen LogP contribution in [0.3, 0.4) is 0 Å². The van der Waals surface area contributed by atoms with Crippen LogP contribution in [0.25, 0.3) is 0 Å². The maximum atomic E-state index is 11.9. The number of hydrazone groups is 1. The Morgan fingerprint density at radius 1 is 1.36 bits per heavy atom. The number of rotatable bonds is 7. The van der Waals surface area contributed by atoms with E-state index in [9.17, 15) is 14.9 Å². The molecule has 0 saturated heterocycles. The molecule has 1 heterocycles. The molecule has 1 aromatic heterocycles. The van der Waals surface area contributed by atoms with Crippen molar-refractivity contribution in [1.82, 2.24) is 15.2 Å². The molecule has 0 unspecified atom stereocenters. The van der Waals surface area contributed by atoms with E-state index in [1.165, 1.54) is 20.4 Å². The van der Waals surface area contributed by atoms with Crippen LogP contribution in [0, 0.1) is 10.1 Å². The Hall–Kier alpha value is -3.43. The third kappa shape index (κ3) is 4.53. The van der Waals surface area contributed by atoms with Gasteiger partial charge in [-0.15, -0.1) is 0 Å². The van der Waals surface area contributed by atoms with Gasteiger partial charge in [-0.05, 0) is 25.1 Å². The number of hydrogen-bond acceptors (Lipinski definition) is 7. The summed E-state index contributed by atoms with van der Waals surface area (Å²) in [5.74, 6) is 0.672. The van der Waals surface area contributed by atoms with E-state index in [0.717, 1.165) is 16.4 Å². The van der Waals surface area contributed by atoms with Gasteiger partial charge in [0, 0.05) is 5.56 Å². The largest absolute Gasteiger partial charge is 0.493 e. The standard InChI is InChI=1S/C15H17N5O5/c1-10(11-4-5-13(24-2)14(6-11)25-3)17-18-15(21)9-19-8-12(7-16-19)20(22)23/h4-8H,9H2,1-3H3,(H,18,21)/b17-10+. The zero-order chi connectivity index (χ0) is 18.4. The van der Waals surface area contributed by atoms with Crippen LogP contribution in [0.15, 0.2) is 35.7 Å². The van der Waals surface area contributed by atoms with Gasteiger partial charge in [0.1, 0.15) is 18.9 Å². The average molecular weight is 347 g/mol. The van der Waals surface area contributed by atoms with Crippen molar-refractivity contribution in [2.75, 3.05) is 14.2 Å². The van der Waals surface area contributed by atoms with E-state index >= 15 is 0 Å². The number of benzene rings is 1. The smallest absolute Gasteiger partial charge is 0.307 e. The summed E-state index contributed by atoms with van der Waals surface area (Å²) in [4.78, 5) is 21.9. The van der Waals surface area contributed by atoms with Crippen LogP contribution in [0.5, 0.6) is 11.5 Å². The minimum atomic E-state index is -0.583. The summed E-state index contributed by atoms with van der Waals surface area (Å²) in [6, 6.07) is 5.25. The van der Waals surface area contributed by atoms with Crippen LogP contribution in [-0.2, 0) is 11.3 Å². The molecule has 0 saturated carbocycles. The number of hydrogen-bond donors (Lipinski definition) is 1. The molecule has 25 heavy (non-hydrogen) atoms. The fourth-order valence-corrected chi connectivity index (χ4v) is 1.99. The van der Waals surface area contributed by atoms with Crippen molar-refractivity contribution in [3.63, 3.8) is 0 Å². The number of carbonyl (C=O) groups is 1. The first-order valence-corrected chi connectivity index (χ1v) is 7.17. The number of nitrogens with one attached hydrogen (secondary N) is 1. The van der Waals surface area contributed by atoms with E-state index in [4.69, 9.17) is 9.47 Å². The number of aromatic nitrogens is 2. The van der Waals surface area contributed by atoms with Crippen LogP contribution >= 0.6 is 0 Å². The van der Waals surface area contributed by atoms with Gasteiger partial charge in [0.25, 0.3) is 5.91 Å². The molecule has 132 valence electrons. The Morgan fingerprint density at radius 3 is 2.68 bits per heavy atom. The maximum absolute atomic E-state index is 11.9. The van der Waals surface area contributed by atoms with Crippen LogP contribution < -0.4 is 14.9 Å². The zero-order valence-electron chi connectivity index (χ0n) is 13.9. The second-order valence-corrected chi connectivity index (χ2v) is 4.96. The normalized spacial score (nSPS) is 11.1. The first-order valence-electron chi connectivity index (χ1n) is 7.17. The molecule has 0 radical (unpaired) electrons. The molecule has 1 N–H and O–H groups in total. The summed E-state index contributed by atoms with van der Waals surface area (Å²) in [6.45, 7) is 1.54. The molecule has 0 aliphatic carbocycles. The maximum Gasteiger partial charge on any atom is 0.307 e. The van der Waals surface area contributed by atoms with Gasteiger partial charge in [-0.2, -0.15) is 10.2 Å². The SMILES string of the molecule is COc1ccc(/C(C)=N/NC(=O)Cn2cc([N+](=O)[O-])cn2)cc1OC. The first kappa shape index (κ1) is 17.9. The van der Waals surface area contributed by atoms with Crippen molar-refractivity contribution in [3.05, 3.63) is 46.3 Å². The first-order chi connectivity index (χ1) is 11.9. The fourth-order valence-electron chi connectivity index (χ4n) is 1.99. The Bertz CT molecular complexity index is 814. The lowest BCUT2D eigenvalue weighted by molar-refractivity contribution is -0.385. The van der Waals surface area contributed by atoms with Crippen LogP contribution in [0.2, 0.25) is 0 Å². The quantitative estimate of drug-likeness (QED) is 0.458. The zero-order valence-corrected chi connectivity index (χ0v) is 13.9. The molecule has 2 rings (SSSR count). The topological polar surface area (TPSA) is 121 Å². The predicted molar refractivity (Wildman–Crippen MR) is 88.8 cm³/mol. The van der Waals surface area contributed by atoms with E-state index in [1.807, 2.05) is 0 Å². The second kappa shape index (κ2) is 7.90. The third-order valence-electron chi connectivity index (χ3n) is 3.29. The lowest BCUT2D eigenvalue weighted by Gasteiger charge is -2.09. The molecule has 0 aliphatic heterocycles. The van der Waals surface area contributed by atoms with Gasteiger partial charge in [-0.3, -0.25) is 19.6 Å². The van der Waals surface area contributed by atoms with Crippen LogP contribution in [0.4, 0.5) is 5.69 Å². The minimum Gasteiger partial charge on any atom is -0.493 e. The van der Waals surface area contributed by atoms with Crippen molar-refractivity contribution < 1.29 is 19.2 Å². The summed E-state index contributed by atoms with van der Waals surface area (Å²) in [5.41, 5.74) is 3.50. The second-order valence-electron chi connectivity index (χ2n) is 4.96. The highest BCUT2D eigenvalue weighted by molar-refractivity contribution is 5.99. The van der Waals surface area contributed by atoms with Gasteiger partial charge < -0.3 is 9.47 Å². The Balaban J connectivity index is 2.02. The monoisotopic (exact) mass is 347 g/mol. The van der Waals surface area contributed by atoms with Crippen molar-refractivity contribution in [2.45, 2.75) is 13.5 Å². The molecular formula is C15H17N5O5. The molecule has 2 aromatic rings. The van der Waals surface area contributed by atoms with Crippen LogP contribution in [-0.4, -0.2) is 40.5 Å². The van der Waals surface area contributed by atoms with Crippen molar-refractivity contribution in [2.24, 2.45) is 5.10 Å². The number of methoxy groups -OCH3 is 2. The van der Waals surface area contributed by atoms with E-state index < -0.39 is 10.8 Å². The Morgan fingerprint density at radius 2 is 2.08 bits per heavy atom. The summed E-state index contributed by atoms with van der Waals surface area (Å²) >= 11 is 0. The van der Waals surface area contributed by atoms with Gasteiger partial charge >= 0.3 is 5.69 Å². The number of ether oxygens (including phenoxy) is 2. The molecule has 1 aromatic carbocycles. The molecule has 10 nitrogen and oxygen atoms in total.